The lowest BCUT2D eigenvalue weighted by Gasteiger charge is -2.31. The maximum Gasteiger partial charge on any atom is 0.244 e. The molecule has 0 aliphatic rings. The number of halogens is 4. The van der Waals surface area contributed by atoms with Gasteiger partial charge in [-0.2, -0.15) is 0 Å². The van der Waals surface area contributed by atoms with E-state index in [4.69, 9.17) is 46.4 Å². The summed E-state index contributed by atoms with van der Waals surface area (Å²) in [6.07, 6.45) is 0.945. The highest BCUT2D eigenvalue weighted by Gasteiger charge is 2.31. The fourth-order valence-electron chi connectivity index (χ4n) is 2.90. The Bertz CT molecular complexity index is 1130. The first-order valence-electron chi connectivity index (χ1n) is 9.23. The van der Waals surface area contributed by atoms with E-state index in [0.717, 1.165) is 10.6 Å². The van der Waals surface area contributed by atoms with E-state index in [1.54, 1.807) is 12.1 Å². The Morgan fingerprint density at radius 3 is 2.28 bits per heavy atom. The number of nitrogens with zero attached hydrogens (tertiary/aromatic N) is 2. The molecule has 174 valence electrons. The number of sulfonamides is 1. The van der Waals surface area contributed by atoms with Crippen LogP contribution in [0.25, 0.3) is 0 Å². The minimum Gasteiger partial charge on any atom is -0.357 e. The van der Waals surface area contributed by atoms with Crippen LogP contribution in [0.15, 0.2) is 36.4 Å². The van der Waals surface area contributed by atoms with Crippen molar-refractivity contribution in [1.29, 1.82) is 0 Å². The molecule has 0 aromatic heterocycles. The molecule has 0 saturated heterocycles. The van der Waals surface area contributed by atoms with Gasteiger partial charge in [-0.3, -0.25) is 13.9 Å². The monoisotopic (exact) mass is 539 g/mol. The average molecular weight is 541 g/mol. The highest BCUT2D eigenvalue weighted by molar-refractivity contribution is 7.92. The number of rotatable bonds is 8. The quantitative estimate of drug-likeness (QED) is 0.542. The van der Waals surface area contributed by atoms with Gasteiger partial charge in [0.15, 0.2) is 0 Å². The zero-order valence-corrected chi connectivity index (χ0v) is 21.2. The zero-order chi connectivity index (χ0) is 24.2. The first-order chi connectivity index (χ1) is 14.9. The molecule has 0 fully saturated rings. The molecule has 7 nitrogen and oxygen atoms in total. The number of amides is 2. The van der Waals surface area contributed by atoms with Crippen LogP contribution >= 0.6 is 46.4 Å². The Morgan fingerprint density at radius 2 is 1.72 bits per heavy atom. The Labute approximate surface area is 207 Å². The van der Waals surface area contributed by atoms with Crippen molar-refractivity contribution >= 4 is 73.9 Å². The van der Waals surface area contributed by atoms with E-state index < -0.39 is 34.4 Å². The number of carbonyl (C=O) groups excluding carboxylic acids is 2. The van der Waals surface area contributed by atoms with Crippen molar-refractivity contribution in [1.82, 2.24) is 10.2 Å². The number of hydrogen-bond acceptors (Lipinski definition) is 4. The van der Waals surface area contributed by atoms with Gasteiger partial charge in [-0.1, -0.05) is 58.5 Å². The fourth-order valence-corrected chi connectivity index (χ4v) is 4.68. The minimum absolute atomic E-state index is 0.0148. The van der Waals surface area contributed by atoms with E-state index in [0.29, 0.717) is 15.6 Å². The van der Waals surface area contributed by atoms with Crippen LogP contribution in [0.4, 0.5) is 5.69 Å². The van der Waals surface area contributed by atoms with E-state index in [-0.39, 0.29) is 22.3 Å². The molecular formula is C20H21Cl4N3O4S. The maximum atomic E-state index is 13.3. The first kappa shape index (κ1) is 26.5. The molecule has 2 amide bonds. The Kier molecular flexibility index (Phi) is 9.07. The third-order valence-corrected chi connectivity index (χ3v) is 7.17. The molecule has 0 spiro atoms. The van der Waals surface area contributed by atoms with Crippen molar-refractivity contribution in [3.05, 3.63) is 62.1 Å². The average Bonchev–Trinajstić information content (AvgIpc) is 2.71. The maximum absolute atomic E-state index is 13.3. The number of benzene rings is 2. The summed E-state index contributed by atoms with van der Waals surface area (Å²) in [6.45, 7) is 0.868. The first-order valence-corrected chi connectivity index (χ1v) is 12.6. The summed E-state index contributed by atoms with van der Waals surface area (Å²) in [7, 11) is -2.49. The smallest absolute Gasteiger partial charge is 0.244 e. The van der Waals surface area contributed by atoms with Crippen LogP contribution in [0, 0.1) is 0 Å². The summed E-state index contributed by atoms with van der Waals surface area (Å²) in [5, 5.41) is 3.32. The van der Waals surface area contributed by atoms with Gasteiger partial charge >= 0.3 is 0 Å². The Balaban J connectivity index is 2.46. The van der Waals surface area contributed by atoms with Crippen molar-refractivity contribution in [2.75, 3.05) is 24.2 Å². The molecule has 0 heterocycles. The molecule has 1 atom stereocenters. The number of likely N-dealkylation sites (N-methyl/N-ethyl adjacent to an activating group) is 1. The minimum atomic E-state index is -3.93. The third-order valence-electron chi connectivity index (χ3n) is 4.65. The topological polar surface area (TPSA) is 86.8 Å². The van der Waals surface area contributed by atoms with Crippen molar-refractivity contribution in [3.63, 3.8) is 0 Å². The highest BCUT2D eigenvalue weighted by Crippen LogP contribution is 2.34. The molecular weight excluding hydrogens is 520 g/mol. The lowest BCUT2D eigenvalue weighted by molar-refractivity contribution is -0.139. The van der Waals surface area contributed by atoms with E-state index >= 15 is 0 Å². The molecule has 0 aliphatic carbocycles. The van der Waals surface area contributed by atoms with Crippen molar-refractivity contribution in [2.24, 2.45) is 0 Å². The van der Waals surface area contributed by atoms with E-state index in [1.165, 1.54) is 43.1 Å². The molecule has 1 N–H and O–H groups in total. The van der Waals surface area contributed by atoms with Crippen molar-refractivity contribution < 1.29 is 18.0 Å². The van der Waals surface area contributed by atoms with Gasteiger partial charge in [0.05, 0.1) is 22.0 Å². The lowest BCUT2D eigenvalue weighted by Crippen LogP contribution is -2.50. The van der Waals surface area contributed by atoms with Gasteiger partial charge in [0.1, 0.15) is 12.6 Å². The molecule has 32 heavy (non-hydrogen) atoms. The van der Waals surface area contributed by atoms with Crippen LogP contribution in [0.3, 0.4) is 0 Å². The predicted molar refractivity (Wildman–Crippen MR) is 129 cm³/mol. The number of anilines is 1. The summed E-state index contributed by atoms with van der Waals surface area (Å²) in [6, 6.07) is 8.28. The van der Waals surface area contributed by atoms with Crippen LogP contribution in [-0.4, -0.2) is 51.0 Å². The molecule has 0 radical (unpaired) electrons. The second kappa shape index (κ2) is 10.9. The largest absolute Gasteiger partial charge is 0.357 e. The zero-order valence-electron chi connectivity index (χ0n) is 17.4. The summed E-state index contributed by atoms with van der Waals surface area (Å²) >= 11 is 24.4. The predicted octanol–water partition coefficient (Wildman–Crippen LogP) is 4.23. The molecule has 1 unspecified atom stereocenters. The van der Waals surface area contributed by atoms with Crippen molar-refractivity contribution in [3.8, 4) is 0 Å². The molecule has 12 heteroatoms. The van der Waals surface area contributed by atoms with Gasteiger partial charge in [-0.05, 0) is 36.8 Å². The van der Waals surface area contributed by atoms with Crippen LogP contribution in [0.1, 0.15) is 12.5 Å². The third kappa shape index (κ3) is 6.42. The Morgan fingerprint density at radius 1 is 1.06 bits per heavy atom. The second-order valence-electron chi connectivity index (χ2n) is 6.89. The summed E-state index contributed by atoms with van der Waals surface area (Å²) in [5.74, 6) is -1.08. The summed E-state index contributed by atoms with van der Waals surface area (Å²) in [5.41, 5.74) is 0.582. The van der Waals surface area contributed by atoms with Gasteiger partial charge in [0.25, 0.3) is 0 Å². The van der Waals surface area contributed by atoms with Crippen LogP contribution in [-0.2, 0) is 26.2 Å². The second-order valence-corrected chi connectivity index (χ2v) is 10.4. The van der Waals surface area contributed by atoms with Gasteiger partial charge < -0.3 is 10.2 Å². The van der Waals surface area contributed by atoms with Crippen LogP contribution < -0.4 is 9.62 Å². The molecule has 0 saturated carbocycles. The van der Waals surface area contributed by atoms with Gasteiger partial charge in [0.2, 0.25) is 21.8 Å². The summed E-state index contributed by atoms with van der Waals surface area (Å²) < 4.78 is 25.8. The highest BCUT2D eigenvalue weighted by atomic mass is 35.5. The SMILES string of the molecule is CNC(=O)C(C)N(Cc1ccc(Cl)cc1Cl)C(=O)CN(c1cccc(Cl)c1Cl)S(C)(=O)=O. The summed E-state index contributed by atoms with van der Waals surface area (Å²) in [4.78, 5) is 26.8. The standard InChI is InChI=1S/C20H21Cl4N3O4S/c1-12(20(29)25-2)26(10-13-7-8-14(21)9-16(13)23)18(28)11-27(32(3,30)31)17-6-4-5-15(22)19(17)24/h4-9,12H,10-11H2,1-3H3,(H,25,29). The van der Waals surface area contributed by atoms with Gasteiger partial charge in [-0.25, -0.2) is 8.42 Å². The normalized spacial score (nSPS) is 12.2. The number of hydrogen-bond donors (Lipinski definition) is 1. The molecule has 0 bridgehead atoms. The molecule has 0 aliphatic heterocycles. The molecule has 2 rings (SSSR count). The molecule has 2 aromatic carbocycles. The lowest BCUT2D eigenvalue weighted by atomic mass is 10.1. The van der Waals surface area contributed by atoms with E-state index in [2.05, 4.69) is 5.32 Å². The van der Waals surface area contributed by atoms with E-state index in [1.807, 2.05) is 0 Å². The number of nitrogens with one attached hydrogen (secondary N) is 1. The van der Waals surface area contributed by atoms with Crippen LogP contribution in [0.5, 0.6) is 0 Å². The van der Waals surface area contributed by atoms with Gasteiger partial charge in [0, 0.05) is 23.6 Å². The van der Waals surface area contributed by atoms with E-state index in [9.17, 15) is 18.0 Å². The number of carbonyl (C=O) groups is 2. The Hall–Kier alpha value is -1.71. The van der Waals surface area contributed by atoms with Crippen molar-refractivity contribution in [2.45, 2.75) is 19.5 Å². The fraction of sp³-hybridized carbons (Fsp3) is 0.300. The van der Waals surface area contributed by atoms with Gasteiger partial charge in [-0.15, -0.1) is 0 Å². The molecule has 2 aromatic rings. The van der Waals surface area contributed by atoms with Crippen LogP contribution in [0.2, 0.25) is 20.1 Å².